The van der Waals surface area contributed by atoms with Gasteiger partial charge >= 0.3 is 23.7 Å². The van der Waals surface area contributed by atoms with E-state index >= 15 is 0 Å². The molecule has 0 amide bonds. The molecule has 284 valence electrons. The lowest BCUT2D eigenvalue weighted by atomic mass is 10.0. The molecule has 2 saturated carbocycles. The lowest BCUT2D eigenvalue weighted by Crippen LogP contribution is -2.24. The van der Waals surface area contributed by atoms with Gasteiger partial charge in [0.25, 0.3) is 11.1 Å². The average molecular weight is 757 g/mol. The van der Waals surface area contributed by atoms with Crippen LogP contribution in [-0.4, -0.2) is 51.8 Å². The molecule has 0 aliphatic heterocycles. The highest BCUT2D eigenvalue weighted by Crippen LogP contribution is 2.45. The molecular weight excluding hydrogens is 722 g/mol. The maximum Gasteiger partial charge on any atom is 0.394 e. The van der Waals surface area contributed by atoms with E-state index in [0.717, 1.165) is 47.9 Å². The van der Waals surface area contributed by atoms with Crippen molar-refractivity contribution in [2.24, 2.45) is 11.8 Å². The van der Waals surface area contributed by atoms with Crippen molar-refractivity contribution in [3.63, 3.8) is 0 Å². The number of nitrogens with one attached hydrogen (secondary N) is 4. The van der Waals surface area contributed by atoms with Crippen LogP contribution in [0.25, 0.3) is 22.1 Å². The van der Waals surface area contributed by atoms with Crippen molar-refractivity contribution in [2.45, 2.75) is 76.8 Å². The second-order valence-corrected chi connectivity index (χ2v) is 14.0. The first kappa shape index (κ1) is 36.7. The van der Waals surface area contributed by atoms with Crippen LogP contribution in [0.5, 0.6) is 0 Å². The van der Waals surface area contributed by atoms with Crippen LogP contribution in [-0.2, 0) is 12.8 Å². The quantitative estimate of drug-likeness (QED) is 0.147. The van der Waals surface area contributed by atoms with Crippen LogP contribution in [0, 0.1) is 25.7 Å². The predicted molar refractivity (Wildman–Crippen MR) is 186 cm³/mol. The van der Waals surface area contributed by atoms with E-state index in [1.54, 1.807) is 0 Å². The summed E-state index contributed by atoms with van der Waals surface area (Å²) in [6.45, 7) is 3.88. The van der Waals surface area contributed by atoms with Gasteiger partial charge < -0.3 is 0 Å². The molecule has 18 heteroatoms. The molecule has 8 rings (SSSR count). The number of fused-ring (bicyclic) bond motifs is 2. The van der Waals surface area contributed by atoms with Crippen molar-refractivity contribution >= 4 is 22.1 Å². The minimum absolute atomic E-state index is 0.0282. The SMILES string of the molecule is Cc1ccc([C@@H](C2CC2)n2nc(CC(F)(F)F)c3c(=O)[nH]c(=O)[nH]c32)cc1.Cc1ccc([C@H](C2CC2)n2nc(CC(F)(F)F)c3c(=O)[nH]c(=O)[nH]c32)cc1. The van der Waals surface area contributed by atoms with Gasteiger partial charge in [-0.2, -0.15) is 36.5 Å². The molecule has 2 fully saturated rings. The third-order valence-electron chi connectivity index (χ3n) is 9.58. The number of hydrogen-bond donors (Lipinski definition) is 4. The maximum atomic E-state index is 13.0. The fraction of sp³-hybridized carbons (Fsp3) is 0.389. The fourth-order valence-corrected chi connectivity index (χ4v) is 6.90. The van der Waals surface area contributed by atoms with E-state index in [4.69, 9.17) is 0 Å². The number of aromatic nitrogens is 8. The zero-order chi connectivity index (χ0) is 38.7. The van der Waals surface area contributed by atoms with Gasteiger partial charge in [0, 0.05) is 0 Å². The van der Waals surface area contributed by atoms with Crippen LogP contribution in [0.1, 0.15) is 71.4 Å². The maximum absolute atomic E-state index is 13.0. The molecule has 4 aromatic heterocycles. The average Bonchev–Trinajstić information content (AvgIpc) is 4.00. The first-order valence-electron chi connectivity index (χ1n) is 17.2. The van der Waals surface area contributed by atoms with Gasteiger partial charge in [0.15, 0.2) is 0 Å². The molecular formula is C36H34F6N8O4. The second-order valence-electron chi connectivity index (χ2n) is 14.0. The van der Waals surface area contributed by atoms with E-state index in [1.807, 2.05) is 72.3 Å². The normalized spacial score (nSPS) is 16.0. The van der Waals surface area contributed by atoms with Crippen molar-refractivity contribution < 1.29 is 26.3 Å². The third-order valence-corrected chi connectivity index (χ3v) is 9.58. The number of halogens is 6. The zero-order valence-electron chi connectivity index (χ0n) is 28.9. The summed E-state index contributed by atoms with van der Waals surface area (Å²) in [4.78, 5) is 56.9. The van der Waals surface area contributed by atoms with Gasteiger partial charge in [-0.25, -0.2) is 19.0 Å². The number of nitrogens with zero attached hydrogens (tertiary/aromatic N) is 4. The summed E-state index contributed by atoms with van der Waals surface area (Å²) in [5.74, 6) is 0.384. The molecule has 0 bridgehead atoms. The van der Waals surface area contributed by atoms with E-state index in [-0.39, 0.29) is 57.4 Å². The van der Waals surface area contributed by atoms with E-state index in [9.17, 15) is 45.5 Å². The number of aromatic amines is 4. The molecule has 0 radical (unpaired) electrons. The zero-order valence-corrected chi connectivity index (χ0v) is 28.9. The van der Waals surface area contributed by atoms with Gasteiger partial charge in [-0.05, 0) is 62.5 Å². The van der Waals surface area contributed by atoms with Gasteiger partial charge in [0.1, 0.15) is 22.1 Å². The lowest BCUT2D eigenvalue weighted by molar-refractivity contribution is -0.128. The monoisotopic (exact) mass is 756 g/mol. The van der Waals surface area contributed by atoms with Gasteiger partial charge in [0.05, 0.1) is 36.3 Å². The van der Waals surface area contributed by atoms with Gasteiger partial charge in [-0.15, -0.1) is 0 Å². The topological polar surface area (TPSA) is 167 Å². The molecule has 6 aromatic rings. The van der Waals surface area contributed by atoms with Crippen molar-refractivity contribution in [2.75, 3.05) is 0 Å². The number of H-pyrrole nitrogens is 4. The molecule has 0 saturated heterocycles. The van der Waals surface area contributed by atoms with Crippen molar-refractivity contribution in [3.8, 4) is 0 Å². The Morgan fingerprint density at radius 3 is 1.22 bits per heavy atom. The van der Waals surface area contributed by atoms with Crippen molar-refractivity contribution in [1.82, 2.24) is 39.5 Å². The molecule has 0 spiro atoms. The van der Waals surface area contributed by atoms with Gasteiger partial charge in [-0.1, -0.05) is 59.7 Å². The summed E-state index contributed by atoms with van der Waals surface area (Å²) >= 11 is 0. The molecule has 12 nitrogen and oxygen atoms in total. The van der Waals surface area contributed by atoms with Crippen LogP contribution in [0.4, 0.5) is 26.3 Å². The molecule has 2 atom stereocenters. The van der Waals surface area contributed by atoms with Crippen molar-refractivity contribution in [3.05, 3.63) is 124 Å². The first-order valence-corrected chi connectivity index (χ1v) is 17.2. The highest BCUT2D eigenvalue weighted by atomic mass is 19.4. The minimum atomic E-state index is -4.52. The molecule has 4 N–H and O–H groups in total. The van der Waals surface area contributed by atoms with Crippen LogP contribution in [0.2, 0.25) is 0 Å². The van der Waals surface area contributed by atoms with Gasteiger partial charge in [0.2, 0.25) is 0 Å². The Hall–Kier alpha value is -5.68. The molecule has 4 heterocycles. The van der Waals surface area contributed by atoms with Crippen molar-refractivity contribution in [1.29, 1.82) is 0 Å². The standard InChI is InChI=1S/2C18H17F3N4O2/c2*1-9-2-4-10(5-3-9)14(11-6-7-11)25-15-13(16(26)23-17(27)22-15)12(24-25)8-18(19,20)21/h2*2-5,11,14H,6-8H2,1H3,(H2,22,23,26,27)/t2*14-/m10/s1. The lowest BCUT2D eigenvalue weighted by Gasteiger charge is -2.18. The Morgan fingerprint density at radius 1 is 0.593 bits per heavy atom. The first-order chi connectivity index (χ1) is 25.5. The van der Waals surface area contributed by atoms with E-state index in [0.29, 0.717) is 0 Å². The summed E-state index contributed by atoms with van der Waals surface area (Å²) in [7, 11) is 0. The number of benzene rings is 2. The predicted octanol–water partition coefficient (Wildman–Crippen LogP) is 5.65. The van der Waals surface area contributed by atoms with Crippen LogP contribution < -0.4 is 22.5 Å². The Balaban J connectivity index is 0.000000167. The summed E-state index contributed by atoms with van der Waals surface area (Å²) in [6.07, 6.45) is -8.09. The third kappa shape index (κ3) is 7.82. The Kier molecular flexibility index (Phi) is 9.25. The molecule has 0 unspecified atom stereocenters. The van der Waals surface area contributed by atoms with E-state index in [2.05, 4.69) is 20.2 Å². The van der Waals surface area contributed by atoms with Crippen LogP contribution >= 0.6 is 0 Å². The van der Waals surface area contributed by atoms with Crippen LogP contribution in [0.3, 0.4) is 0 Å². The summed E-state index contributed by atoms with van der Waals surface area (Å²) in [6, 6.07) is 14.6. The number of aryl methyl sites for hydroxylation is 2. The van der Waals surface area contributed by atoms with Gasteiger partial charge in [-0.3, -0.25) is 29.5 Å². The largest absolute Gasteiger partial charge is 0.394 e. The number of rotatable bonds is 8. The molecule has 2 aromatic carbocycles. The van der Waals surface area contributed by atoms with Crippen LogP contribution in [0.15, 0.2) is 67.7 Å². The summed E-state index contributed by atoms with van der Waals surface area (Å²) in [5, 5.41) is 7.85. The smallest absolute Gasteiger partial charge is 0.292 e. The highest BCUT2D eigenvalue weighted by Gasteiger charge is 2.39. The Morgan fingerprint density at radius 2 is 0.926 bits per heavy atom. The Labute approximate surface area is 300 Å². The number of hydrogen-bond acceptors (Lipinski definition) is 6. The molecule has 54 heavy (non-hydrogen) atoms. The molecule has 2 aliphatic rings. The minimum Gasteiger partial charge on any atom is -0.292 e. The van der Waals surface area contributed by atoms with E-state index < -0.39 is 47.7 Å². The summed E-state index contributed by atoms with van der Waals surface area (Å²) < 4.78 is 80.7. The molecule has 2 aliphatic carbocycles. The summed E-state index contributed by atoms with van der Waals surface area (Å²) in [5.41, 5.74) is -0.102. The Bertz CT molecular complexity index is 2390. The van der Waals surface area contributed by atoms with E-state index in [1.165, 1.54) is 9.36 Å². The second kappa shape index (κ2) is 13.6. The number of alkyl halides is 6. The fourth-order valence-electron chi connectivity index (χ4n) is 6.90. The highest BCUT2D eigenvalue weighted by molar-refractivity contribution is 5.78.